The molecule has 0 N–H and O–H groups in total. The minimum absolute atomic E-state index is 0.0280. The Morgan fingerprint density at radius 1 is 1.05 bits per heavy atom. The van der Waals surface area contributed by atoms with Gasteiger partial charge >= 0.3 is 6.18 Å². The van der Waals surface area contributed by atoms with Crippen LogP contribution in [0.15, 0.2) is 48.5 Å². The predicted molar refractivity (Wildman–Crippen MR) is 65.6 cm³/mol. The lowest BCUT2D eigenvalue weighted by Gasteiger charge is -2.15. The molecule has 0 spiro atoms. The maximum atomic E-state index is 13.1. The number of halogens is 3. The van der Waals surface area contributed by atoms with E-state index >= 15 is 0 Å². The normalized spacial score (nSPS) is 11.3. The molecule has 0 saturated heterocycles. The second-order valence-electron chi connectivity index (χ2n) is 4.29. The van der Waals surface area contributed by atoms with E-state index in [0.29, 0.717) is 5.56 Å². The van der Waals surface area contributed by atoms with E-state index in [2.05, 4.69) is 0 Å². The molecule has 0 atom stereocenters. The molecule has 0 fully saturated rings. The number of carbonyl (C=O) groups is 1. The van der Waals surface area contributed by atoms with E-state index in [4.69, 9.17) is 0 Å². The molecule has 0 aliphatic carbocycles. The van der Waals surface area contributed by atoms with Crippen LogP contribution < -0.4 is 5.11 Å². The zero-order valence-corrected chi connectivity index (χ0v) is 10.3. The number of aliphatic carboxylic acids is 1. The average Bonchev–Trinajstić information content (AvgIpc) is 2.38. The molecule has 0 aromatic heterocycles. The van der Waals surface area contributed by atoms with Crippen LogP contribution in [0, 0.1) is 0 Å². The van der Waals surface area contributed by atoms with Crippen molar-refractivity contribution in [3.8, 4) is 11.1 Å². The van der Waals surface area contributed by atoms with E-state index in [1.165, 1.54) is 12.1 Å². The van der Waals surface area contributed by atoms with Gasteiger partial charge in [0.1, 0.15) is 0 Å². The number of benzene rings is 2. The molecule has 0 unspecified atom stereocenters. The van der Waals surface area contributed by atoms with Gasteiger partial charge in [0.15, 0.2) is 0 Å². The fourth-order valence-electron chi connectivity index (χ4n) is 1.97. The Kier molecular flexibility index (Phi) is 3.79. The summed E-state index contributed by atoms with van der Waals surface area (Å²) in [6.45, 7) is 0. The molecule has 2 aromatic carbocycles. The van der Waals surface area contributed by atoms with E-state index in [1.54, 1.807) is 30.3 Å². The lowest BCUT2D eigenvalue weighted by molar-refractivity contribution is -0.304. The summed E-state index contributed by atoms with van der Waals surface area (Å²) in [7, 11) is 0. The van der Waals surface area contributed by atoms with Crippen molar-refractivity contribution in [3.05, 3.63) is 59.7 Å². The van der Waals surface area contributed by atoms with E-state index in [9.17, 15) is 23.1 Å². The lowest BCUT2D eigenvalue weighted by Crippen LogP contribution is -2.24. The van der Waals surface area contributed by atoms with Gasteiger partial charge in [0.2, 0.25) is 0 Å². The van der Waals surface area contributed by atoms with Gasteiger partial charge in [0, 0.05) is 12.4 Å². The predicted octanol–water partition coefficient (Wildman–Crippen LogP) is 2.66. The molecule has 104 valence electrons. The van der Waals surface area contributed by atoms with Crippen LogP contribution in [0.2, 0.25) is 0 Å². The van der Waals surface area contributed by atoms with Crippen LogP contribution in [-0.4, -0.2) is 5.97 Å². The number of alkyl halides is 3. The zero-order valence-electron chi connectivity index (χ0n) is 10.3. The second-order valence-corrected chi connectivity index (χ2v) is 4.29. The molecule has 0 bridgehead atoms. The molecule has 2 rings (SSSR count). The minimum atomic E-state index is -4.55. The van der Waals surface area contributed by atoms with Crippen LogP contribution in [0.4, 0.5) is 13.2 Å². The summed E-state index contributed by atoms with van der Waals surface area (Å²) in [4.78, 5) is 10.5. The Labute approximate surface area is 113 Å². The molecule has 0 aliphatic rings. The van der Waals surface area contributed by atoms with Crippen molar-refractivity contribution in [2.45, 2.75) is 12.6 Å². The van der Waals surface area contributed by atoms with Gasteiger partial charge in [0.25, 0.3) is 0 Å². The van der Waals surface area contributed by atoms with Crippen molar-refractivity contribution in [3.63, 3.8) is 0 Å². The standard InChI is InChI=1S/C15H11F3O2/c16-15(17,18)13-8-10(9-14(19)20)6-7-12(13)11-4-2-1-3-5-11/h1-8H,9H2,(H,19,20)/p-1. The van der Waals surface area contributed by atoms with Crippen LogP contribution in [0.5, 0.6) is 0 Å². The van der Waals surface area contributed by atoms with Crippen molar-refractivity contribution in [2.24, 2.45) is 0 Å². The summed E-state index contributed by atoms with van der Waals surface area (Å²) in [5, 5.41) is 10.5. The maximum Gasteiger partial charge on any atom is 0.417 e. The van der Waals surface area contributed by atoms with Crippen molar-refractivity contribution < 1.29 is 23.1 Å². The van der Waals surface area contributed by atoms with Gasteiger partial charge in [-0.2, -0.15) is 13.2 Å². The van der Waals surface area contributed by atoms with Gasteiger partial charge in [-0.3, -0.25) is 0 Å². The van der Waals surface area contributed by atoms with Crippen molar-refractivity contribution in [1.82, 2.24) is 0 Å². The Hall–Kier alpha value is -2.30. The molecule has 0 aliphatic heterocycles. The molecule has 2 nitrogen and oxygen atoms in total. The Morgan fingerprint density at radius 3 is 2.25 bits per heavy atom. The maximum absolute atomic E-state index is 13.1. The van der Waals surface area contributed by atoms with Crippen molar-refractivity contribution >= 4 is 5.97 Å². The summed E-state index contributed by atoms with van der Waals surface area (Å²) in [6, 6.07) is 11.7. The zero-order chi connectivity index (χ0) is 14.8. The smallest absolute Gasteiger partial charge is 0.417 e. The highest BCUT2D eigenvalue weighted by atomic mass is 19.4. The van der Waals surface area contributed by atoms with Gasteiger partial charge in [-0.15, -0.1) is 0 Å². The SMILES string of the molecule is O=C([O-])Cc1ccc(-c2ccccc2)c(C(F)(F)F)c1. The van der Waals surface area contributed by atoms with Gasteiger partial charge in [-0.1, -0.05) is 42.5 Å². The van der Waals surface area contributed by atoms with E-state index in [1.807, 2.05) is 0 Å². The summed E-state index contributed by atoms with van der Waals surface area (Å²) >= 11 is 0. The first-order chi connectivity index (χ1) is 9.38. The molecule has 0 heterocycles. The van der Waals surface area contributed by atoms with Crippen LogP contribution in [0.3, 0.4) is 0 Å². The highest BCUT2D eigenvalue weighted by Gasteiger charge is 2.33. The molecule has 0 radical (unpaired) electrons. The van der Waals surface area contributed by atoms with Crippen molar-refractivity contribution in [1.29, 1.82) is 0 Å². The summed E-state index contributed by atoms with van der Waals surface area (Å²) in [5.74, 6) is -1.41. The minimum Gasteiger partial charge on any atom is -0.550 e. The fraction of sp³-hybridized carbons (Fsp3) is 0.133. The van der Waals surface area contributed by atoms with Crippen LogP contribution in [0.25, 0.3) is 11.1 Å². The third-order valence-corrected chi connectivity index (χ3v) is 2.82. The molecular weight excluding hydrogens is 269 g/mol. The monoisotopic (exact) mass is 279 g/mol. The number of rotatable bonds is 3. The number of hydrogen-bond donors (Lipinski definition) is 0. The first-order valence-corrected chi connectivity index (χ1v) is 5.83. The van der Waals surface area contributed by atoms with Gasteiger partial charge in [0.05, 0.1) is 5.56 Å². The fourth-order valence-corrected chi connectivity index (χ4v) is 1.97. The van der Waals surface area contributed by atoms with Gasteiger partial charge in [-0.05, 0) is 22.8 Å². The topological polar surface area (TPSA) is 40.1 Å². The number of carboxylic acids is 1. The molecule has 0 saturated carbocycles. The largest absolute Gasteiger partial charge is 0.550 e. The Bertz CT molecular complexity index is 619. The number of carboxylic acid groups (broad SMARTS) is 1. The molecular formula is C15H10F3O2-. The number of hydrogen-bond acceptors (Lipinski definition) is 2. The van der Waals surface area contributed by atoms with Crippen LogP contribution in [0.1, 0.15) is 11.1 Å². The Balaban J connectivity index is 2.55. The highest BCUT2D eigenvalue weighted by Crippen LogP contribution is 2.37. The third-order valence-electron chi connectivity index (χ3n) is 2.82. The number of carbonyl (C=O) groups excluding carboxylic acids is 1. The van der Waals surface area contributed by atoms with E-state index in [0.717, 1.165) is 6.07 Å². The van der Waals surface area contributed by atoms with Crippen LogP contribution in [-0.2, 0) is 17.4 Å². The third kappa shape index (κ3) is 3.17. The first-order valence-electron chi connectivity index (χ1n) is 5.83. The summed E-state index contributed by atoms with van der Waals surface area (Å²) in [6.07, 6.45) is -5.09. The quantitative estimate of drug-likeness (QED) is 0.866. The van der Waals surface area contributed by atoms with E-state index in [-0.39, 0.29) is 11.1 Å². The highest BCUT2D eigenvalue weighted by molar-refractivity contribution is 5.71. The molecule has 20 heavy (non-hydrogen) atoms. The molecule has 5 heteroatoms. The average molecular weight is 279 g/mol. The summed E-state index contributed by atoms with van der Waals surface area (Å²) < 4.78 is 39.3. The lowest BCUT2D eigenvalue weighted by atomic mass is 9.96. The van der Waals surface area contributed by atoms with E-state index < -0.39 is 24.1 Å². The second kappa shape index (κ2) is 5.36. The Morgan fingerprint density at radius 2 is 1.70 bits per heavy atom. The van der Waals surface area contributed by atoms with Crippen LogP contribution >= 0.6 is 0 Å². The van der Waals surface area contributed by atoms with Gasteiger partial charge < -0.3 is 9.90 Å². The molecule has 2 aromatic rings. The molecule has 0 amide bonds. The summed E-state index contributed by atoms with van der Waals surface area (Å²) in [5.41, 5.74) is -0.320. The van der Waals surface area contributed by atoms with Gasteiger partial charge in [-0.25, -0.2) is 0 Å². The first kappa shape index (κ1) is 14.1. The van der Waals surface area contributed by atoms with Crippen molar-refractivity contribution in [2.75, 3.05) is 0 Å².